The van der Waals surface area contributed by atoms with Gasteiger partial charge in [-0.3, -0.25) is 4.98 Å². The number of rotatable bonds is 8. The Morgan fingerprint density at radius 1 is 0.743 bits per heavy atom. The number of aromatic nitrogens is 3. The molecule has 0 aliphatic rings. The molecule has 1 radical (unpaired) electrons. The van der Waals surface area contributed by atoms with Crippen molar-refractivity contribution in [1.82, 2.24) is 14.5 Å². The van der Waals surface area contributed by atoms with Crippen LogP contribution >= 0.6 is 0 Å². The van der Waals surface area contributed by atoms with Crippen molar-refractivity contribution in [2.24, 2.45) is 5.41 Å². The Balaban J connectivity index is 0.000000229. The average Bonchev–Trinajstić information content (AvgIpc) is 3.89. The van der Waals surface area contributed by atoms with Crippen molar-refractivity contribution in [2.75, 3.05) is 0 Å². The minimum atomic E-state index is -2.22. The third-order valence-corrected chi connectivity index (χ3v) is 15.2. The maximum Gasteiger partial charge on any atom is 0.121 e. The Bertz CT molecular complexity index is 3540. The summed E-state index contributed by atoms with van der Waals surface area (Å²) in [7, 11) is -1.85. The van der Waals surface area contributed by atoms with Gasteiger partial charge in [0, 0.05) is 44.2 Å². The van der Waals surface area contributed by atoms with E-state index in [0.29, 0.717) is 34.2 Å². The second-order valence-electron chi connectivity index (χ2n) is 22.7. The molecule has 365 valence electrons. The van der Waals surface area contributed by atoms with Gasteiger partial charge in [0.1, 0.15) is 5.58 Å². The van der Waals surface area contributed by atoms with Crippen LogP contribution in [0.3, 0.4) is 0 Å². The van der Waals surface area contributed by atoms with E-state index in [1.54, 1.807) is 6.07 Å². The number of imidazole rings is 1. The first-order valence-corrected chi connectivity index (χ1v) is 28.0. The standard InChI is InChI=1S/C40H37N2O.C24H36NSi.Ir/c1-23(2)31-21-29(28-13-9-8-10-14-28)22-32(24(3)4)38(31)42-35-16-12-11-15-34(35)41-40(42)30-18-17-25(5)37-33-19-26(6)27(7)20-36(33)43-39(30)37;1-17-11-12-18(13-20(17)24(5,6)7)21-14-19(15-23(2,3)4)22(16-25-21)26(8,9)10;/h8-17,19-24H,1-7H3;11,13-14,16H,15H2,1-10H3;/q2*-1;/i;1D3,15D2;. The number of hydrogen-bond donors (Lipinski definition) is 0. The van der Waals surface area contributed by atoms with Crippen LogP contribution < -0.4 is 5.19 Å². The van der Waals surface area contributed by atoms with E-state index in [4.69, 9.17) is 16.3 Å². The minimum Gasteiger partial charge on any atom is -0.501 e. The molecule has 0 spiro atoms. The van der Waals surface area contributed by atoms with Crippen LogP contribution in [0.25, 0.3) is 72.4 Å². The number of fused-ring (bicyclic) bond motifs is 4. The van der Waals surface area contributed by atoms with Crippen molar-refractivity contribution in [3.63, 3.8) is 0 Å². The van der Waals surface area contributed by atoms with Crippen LogP contribution in [0.15, 0.2) is 114 Å². The maximum atomic E-state index is 8.93. The van der Waals surface area contributed by atoms with Crippen molar-refractivity contribution < 1.29 is 31.4 Å². The van der Waals surface area contributed by atoms with Gasteiger partial charge in [-0.15, -0.1) is 52.6 Å². The van der Waals surface area contributed by atoms with Gasteiger partial charge in [0.2, 0.25) is 0 Å². The van der Waals surface area contributed by atoms with Gasteiger partial charge in [0.25, 0.3) is 0 Å². The zero-order chi connectivity index (χ0) is 54.2. The second kappa shape index (κ2) is 20.0. The third-order valence-electron chi connectivity index (χ3n) is 13.1. The molecule has 3 aromatic heterocycles. The molecule has 0 saturated carbocycles. The van der Waals surface area contributed by atoms with Crippen molar-refractivity contribution >= 4 is 46.2 Å². The maximum absolute atomic E-state index is 8.93. The molecule has 9 aromatic rings. The zero-order valence-corrected chi connectivity index (χ0v) is 47.5. The van der Waals surface area contributed by atoms with E-state index in [1.165, 1.54) is 39.1 Å². The summed E-state index contributed by atoms with van der Waals surface area (Å²) >= 11 is 0. The molecule has 0 bridgehead atoms. The summed E-state index contributed by atoms with van der Waals surface area (Å²) in [6.07, 6.45) is 0.272. The summed E-state index contributed by atoms with van der Waals surface area (Å²) in [5.41, 5.74) is 16.7. The average molecular weight is 1130 g/mol. The molecule has 0 atom stereocenters. The summed E-state index contributed by atoms with van der Waals surface area (Å²) < 4.78 is 50.6. The summed E-state index contributed by atoms with van der Waals surface area (Å²) in [5.74, 6) is 1.45. The molecular weight excluding hydrogens is 1050 g/mol. The van der Waals surface area contributed by atoms with E-state index in [-0.39, 0.29) is 25.5 Å². The van der Waals surface area contributed by atoms with Crippen LogP contribution in [-0.2, 0) is 31.9 Å². The molecule has 4 nitrogen and oxygen atoms in total. The van der Waals surface area contributed by atoms with E-state index < -0.39 is 26.7 Å². The number of furan rings is 1. The Kier molecular flexibility index (Phi) is 13.1. The monoisotopic (exact) mass is 1130 g/mol. The van der Waals surface area contributed by atoms with Crippen molar-refractivity contribution in [3.8, 4) is 39.5 Å². The third kappa shape index (κ3) is 10.6. The predicted molar refractivity (Wildman–Crippen MR) is 299 cm³/mol. The molecule has 70 heavy (non-hydrogen) atoms. The largest absolute Gasteiger partial charge is 0.501 e. The first-order chi connectivity index (χ1) is 34.4. The molecule has 0 aliphatic heterocycles. The number of pyridine rings is 1. The van der Waals surface area contributed by atoms with Crippen LogP contribution in [0, 0.1) is 45.2 Å². The van der Waals surface area contributed by atoms with Crippen molar-refractivity contribution in [2.45, 2.75) is 140 Å². The SMILES string of the molecule is Cc1cc2oc3c(-c4nc5ccccc5n4-c4c(C(C)C)cc(-c5ccccc5)cc4C(C)C)[c-]cc(C)c3c2cc1C.[2H]C([2H])([2H])c1c[c-]c(-c2cc(C([2H])([2H])C(C)(C)C)c([Si](C)(C)C)cn2)cc1C(C)(C)C.[Ir]. The summed E-state index contributed by atoms with van der Waals surface area (Å²) in [5, 5.41) is 3.29. The van der Waals surface area contributed by atoms with Crippen molar-refractivity contribution in [3.05, 3.63) is 166 Å². The summed E-state index contributed by atoms with van der Waals surface area (Å²) in [4.78, 5) is 9.98. The van der Waals surface area contributed by atoms with E-state index in [9.17, 15) is 0 Å². The Labute approximate surface area is 440 Å². The molecule has 0 aliphatic carbocycles. The van der Waals surface area contributed by atoms with E-state index in [0.717, 1.165) is 60.7 Å². The molecule has 0 saturated heterocycles. The second-order valence-corrected chi connectivity index (χ2v) is 27.7. The van der Waals surface area contributed by atoms with Gasteiger partial charge >= 0.3 is 0 Å². The van der Waals surface area contributed by atoms with Gasteiger partial charge in [-0.1, -0.05) is 168 Å². The minimum absolute atomic E-state index is 0. The first kappa shape index (κ1) is 45.7. The van der Waals surface area contributed by atoms with E-state index >= 15 is 0 Å². The molecule has 9 rings (SSSR count). The van der Waals surface area contributed by atoms with E-state index in [2.05, 4.69) is 175 Å². The summed E-state index contributed by atoms with van der Waals surface area (Å²) in [6.45, 7) is 31.7. The molecule has 0 N–H and O–H groups in total. The van der Waals surface area contributed by atoms with Crippen LogP contribution in [0.1, 0.15) is 132 Å². The number of benzene rings is 6. The van der Waals surface area contributed by atoms with Crippen LogP contribution in [0.5, 0.6) is 0 Å². The van der Waals surface area contributed by atoms with Gasteiger partial charge in [-0.05, 0) is 124 Å². The van der Waals surface area contributed by atoms with Crippen LogP contribution in [0.4, 0.5) is 0 Å². The predicted octanol–water partition coefficient (Wildman–Crippen LogP) is 17.5. The first-order valence-electron chi connectivity index (χ1n) is 27.0. The van der Waals surface area contributed by atoms with Crippen LogP contribution in [-0.4, -0.2) is 22.6 Å². The Morgan fingerprint density at radius 3 is 1.99 bits per heavy atom. The molecule has 0 amide bonds. The molecule has 0 fully saturated rings. The number of aryl methyl sites for hydroxylation is 4. The Hall–Kier alpha value is -5.39. The fraction of sp³-hybridized carbons (Fsp3) is 0.344. The molecule has 0 unspecified atom stereocenters. The van der Waals surface area contributed by atoms with Crippen molar-refractivity contribution in [1.29, 1.82) is 0 Å². The quantitative estimate of drug-likeness (QED) is 0.112. The Morgan fingerprint density at radius 2 is 1.37 bits per heavy atom. The van der Waals surface area contributed by atoms with Gasteiger partial charge in [-0.25, -0.2) is 0 Å². The molecule has 3 heterocycles. The zero-order valence-electron chi connectivity index (χ0n) is 49.1. The van der Waals surface area contributed by atoms with Gasteiger partial charge in [-0.2, -0.15) is 0 Å². The number of hydrogen-bond acceptors (Lipinski definition) is 3. The molecular formula is C64H73IrN3OSi-2. The molecule has 6 heteroatoms. The van der Waals surface area contributed by atoms with Gasteiger partial charge in [0.05, 0.1) is 30.5 Å². The number of para-hydroxylation sites is 2. The fourth-order valence-electron chi connectivity index (χ4n) is 9.41. The topological polar surface area (TPSA) is 43.9 Å². The smallest absolute Gasteiger partial charge is 0.121 e. The number of nitrogens with zero attached hydrogens (tertiary/aromatic N) is 3. The van der Waals surface area contributed by atoms with Gasteiger partial charge in [0.15, 0.2) is 0 Å². The normalized spacial score (nSPS) is 13.7. The fourth-order valence-corrected chi connectivity index (χ4v) is 10.8. The van der Waals surface area contributed by atoms with E-state index in [1.807, 2.05) is 59.9 Å². The molecule has 6 aromatic carbocycles. The summed E-state index contributed by atoms with van der Waals surface area (Å²) in [6, 6.07) is 42.4. The van der Waals surface area contributed by atoms with Gasteiger partial charge < -0.3 is 14.0 Å². The van der Waals surface area contributed by atoms with Crippen LogP contribution in [0.2, 0.25) is 19.6 Å².